The number of fused-ring (bicyclic) bond motifs is 2. The molecule has 0 spiro atoms. The van der Waals surface area contributed by atoms with Crippen molar-refractivity contribution in [2.75, 3.05) is 0 Å². The number of halogens is 1. The van der Waals surface area contributed by atoms with Crippen LogP contribution in [0, 0.1) is 5.82 Å². The molecular weight excluding hydrogens is 289 g/mol. The van der Waals surface area contributed by atoms with Crippen LogP contribution in [0.3, 0.4) is 0 Å². The van der Waals surface area contributed by atoms with E-state index in [1.54, 1.807) is 6.07 Å². The van der Waals surface area contributed by atoms with Crippen LogP contribution in [0.4, 0.5) is 4.39 Å². The zero-order valence-corrected chi connectivity index (χ0v) is 13.0. The summed E-state index contributed by atoms with van der Waals surface area (Å²) in [7, 11) is 0. The molecule has 0 unspecified atom stereocenters. The van der Waals surface area contributed by atoms with Gasteiger partial charge < -0.3 is 0 Å². The van der Waals surface area contributed by atoms with Crippen molar-refractivity contribution in [1.29, 1.82) is 0 Å². The van der Waals surface area contributed by atoms with Crippen LogP contribution in [0.5, 0.6) is 0 Å². The lowest BCUT2D eigenvalue weighted by molar-refractivity contribution is 0.513. The quantitative estimate of drug-likeness (QED) is 0.683. The average molecular weight is 305 g/mol. The maximum atomic E-state index is 13.3. The minimum Gasteiger partial charge on any atom is -0.276 e. The van der Waals surface area contributed by atoms with Crippen molar-refractivity contribution >= 4 is 16.6 Å². The number of benzene rings is 2. The van der Waals surface area contributed by atoms with Crippen molar-refractivity contribution in [3.05, 3.63) is 71.2 Å². The fourth-order valence-electron chi connectivity index (χ4n) is 3.09. The van der Waals surface area contributed by atoms with E-state index in [9.17, 15) is 4.39 Å². The number of nitrogens with zero attached hydrogens (tertiary/aromatic N) is 3. The van der Waals surface area contributed by atoms with Gasteiger partial charge in [-0.3, -0.25) is 4.99 Å². The summed E-state index contributed by atoms with van der Waals surface area (Å²) in [6.45, 7) is 4.24. The first-order valence-electron chi connectivity index (χ1n) is 7.63. The second kappa shape index (κ2) is 4.95. The Morgan fingerprint density at radius 2 is 1.83 bits per heavy atom. The maximum absolute atomic E-state index is 13.3. The summed E-state index contributed by atoms with van der Waals surface area (Å²) in [5, 5.41) is 9.32. The fourth-order valence-corrected chi connectivity index (χ4v) is 3.09. The number of aromatic nitrogens is 2. The third-order valence-electron chi connectivity index (χ3n) is 4.10. The van der Waals surface area contributed by atoms with Crippen molar-refractivity contribution in [1.82, 2.24) is 10.2 Å². The number of rotatable bonds is 1. The van der Waals surface area contributed by atoms with E-state index < -0.39 is 0 Å². The molecule has 0 saturated carbocycles. The minimum atomic E-state index is -0.305. The Bertz CT molecular complexity index is 944. The number of aliphatic imine (C=N–C) groups is 1. The highest BCUT2D eigenvalue weighted by atomic mass is 19.1. The lowest BCUT2D eigenvalue weighted by Gasteiger charge is -2.28. The SMILES string of the molecule is CC1(C)Cc2ccccc2C(c2cc3ccc(F)cc3nn2)=N1. The zero-order valence-electron chi connectivity index (χ0n) is 13.0. The van der Waals surface area contributed by atoms with Crippen molar-refractivity contribution in [2.45, 2.75) is 25.8 Å². The van der Waals surface area contributed by atoms with E-state index >= 15 is 0 Å². The van der Waals surface area contributed by atoms with E-state index in [0.717, 1.165) is 28.8 Å². The molecule has 3 nitrogen and oxygen atoms in total. The van der Waals surface area contributed by atoms with Gasteiger partial charge >= 0.3 is 0 Å². The third-order valence-corrected chi connectivity index (χ3v) is 4.10. The van der Waals surface area contributed by atoms with Gasteiger partial charge in [0.25, 0.3) is 0 Å². The van der Waals surface area contributed by atoms with Crippen molar-refractivity contribution in [3.8, 4) is 0 Å². The molecule has 4 rings (SSSR count). The molecule has 23 heavy (non-hydrogen) atoms. The van der Waals surface area contributed by atoms with Gasteiger partial charge in [0.05, 0.1) is 16.8 Å². The maximum Gasteiger partial charge on any atom is 0.125 e. The van der Waals surface area contributed by atoms with E-state index in [1.807, 2.05) is 18.2 Å². The molecule has 1 aliphatic heterocycles. The molecule has 0 fully saturated rings. The standard InChI is InChI=1S/C19H16FN3/c1-19(2)11-13-5-3-4-6-15(13)18(21-19)17-9-12-7-8-14(20)10-16(12)22-23-17/h3-10H,11H2,1-2H3. The Hall–Kier alpha value is -2.62. The highest BCUT2D eigenvalue weighted by Gasteiger charge is 2.27. The topological polar surface area (TPSA) is 38.1 Å². The molecule has 0 N–H and O–H groups in total. The average Bonchev–Trinajstić information content (AvgIpc) is 2.52. The molecule has 0 radical (unpaired) electrons. The van der Waals surface area contributed by atoms with E-state index in [0.29, 0.717) is 5.52 Å². The van der Waals surface area contributed by atoms with Gasteiger partial charge in [0, 0.05) is 17.0 Å². The summed E-state index contributed by atoms with van der Waals surface area (Å²) >= 11 is 0. The minimum absolute atomic E-state index is 0.177. The molecule has 0 atom stereocenters. The van der Waals surface area contributed by atoms with Crippen LogP contribution in [0.2, 0.25) is 0 Å². The molecule has 0 saturated heterocycles. The van der Waals surface area contributed by atoms with E-state index in [4.69, 9.17) is 4.99 Å². The van der Waals surface area contributed by atoms with Crippen molar-refractivity contribution < 1.29 is 4.39 Å². The van der Waals surface area contributed by atoms with Crippen LogP contribution in [0.1, 0.15) is 30.7 Å². The van der Waals surface area contributed by atoms with E-state index in [1.165, 1.54) is 17.7 Å². The highest BCUT2D eigenvalue weighted by Crippen LogP contribution is 2.29. The monoisotopic (exact) mass is 305 g/mol. The Morgan fingerprint density at radius 1 is 1.00 bits per heavy atom. The van der Waals surface area contributed by atoms with Crippen molar-refractivity contribution in [2.24, 2.45) is 4.99 Å². The predicted octanol–water partition coefficient (Wildman–Crippen LogP) is 3.94. The summed E-state index contributed by atoms with van der Waals surface area (Å²) in [6, 6.07) is 14.8. The second-order valence-corrected chi connectivity index (χ2v) is 6.54. The van der Waals surface area contributed by atoms with Gasteiger partial charge in [-0.05, 0) is 44.0 Å². The van der Waals surface area contributed by atoms with Crippen LogP contribution in [-0.2, 0) is 6.42 Å². The molecule has 114 valence electrons. The largest absolute Gasteiger partial charge is 0.276 e. The van der Waals surface area contributed by atoms with Crippen LogP contribution in [0.15, 0.2) is 53.5 Å². The molecule has 1 aromatic heterocycles. The first-order chi connectivity index (χ1) is 11.0. The van der Waals surface area contributed by atoms with Gasteiger partial charge in [-0.25, -0.2) is 4.39 Å². The van der Waals surface area contributed by atoms with Crippen LogP contribution < -0.4 is 0 Å². The molecule has 0 bridgehead atoms. The van der Waals surface area contributed by atoms with Crippen LogP contribution in [-0.4, -0.2) is 21.4 Å². The lowest BCUT2D eigenvalue weighted by Crippen LogP contribution is -2.29. The van der Waals surface area contributed by atoms with Gasteiger partial charge in [0.2, 0.25) is 0 Å². The number of hydrogen-bond donors (Lipinski definition) is 0. The van der Waals surface area contributed by atoms with Crippen LogP contribution >= 0.6 is 0 Å². The zero-order chi connectivity index (χ0) is 16.0. The molecule has 2 heterocycles. The van der Waals surface area contributed by atoms with E-state index in [2.05, 4.69) is 36.2 Å². The molecule has 0 aliphatic carbocycles. The van der Waals surface area contributed by atoms with Gasteiger partial charge in [0.15, 0.2) is 0 Å². The Labute approximate surface area is 133 Å². The third kappa shape index (κ3) is 2.50. The highest BCUT2D eigenvalue weighted by molar-refractivity contribution is 6.14. The Kier molecular flexibility index (Phi) is 3.01. The smallest absolute Gasteiger partial charge is 0.125 e. The van der Waals surface area contributed by atoms with Crippen LogP contribution in [0.25, 0.3) is 10.9 Å². The van der Waals surface area contributed by atoms with Gasteiger partial charge in [0.1, 0.15) is 11.5 Å². The van der Waals surface area contributed by atoms with Gasteiger partial charge in [-0.1, -0.05) is 24.3 Å². The summed E-state index contributed by atoms with van der Waals surface area (Å²) < 4.78 is 13.3. The molecule has 0 amide bonds. The normalized spacial score (nSPS) is 16.0. The van der Waals surface area contributed by atoms with Gasteiger partial charge in [-0.15, -0.1) is 10.2 Å². The molecule has 2 aromatic carbocycles. The first kappa shape index (κ1) is 14.0. The summed E-state index contributed by atoms with van der Waals surface area (Å²) in [4.78, 5) is 4.89. The molecule has 3 aromatic rings. The molecule has 1 aliphatic rings. The fraction of sp³-hybridized carbons (Fsp3) is 0.211. The summed E-state index contributed by atoms with van der Waals surface area (Å²) in [6.07, 6.45) is 0.902. The number of hydrogen-bond acceptors (Lipinski definition) is 3. The predicted molar refractivity (Wildman–Crippen MR) is 89.4 cm³/mol. The first-order valence-corrected chi connectivity index (χ1v) is 7.63. The summed E-state index contributed by atoms with van der Waals surface area (Å²) in [5.41, 5.74) is 4.33. The summed E-state index contributed by atoms with van der Waals surface area (Å²) in [5.74, 6) is -0.305. The van der Waals surface area contributed by atoms with Crippen molar-refractivity contribution in [3.63, 3.8) is 0 Å². The van der Waals surface area contributed by atoms with E-state index in [-0.39, 0.29) is 11.4 Å². The lowest BCUT2D eigenvalue weighted by atomic mass is 9.86. The van der Waals surface area contributed by atoms with Gasteiger partial charge in [-0.2, -0.15) is 0 Å². The second-order valence-electron chi connectivity index (χ2n) is 6.54. The molecular formula is C19H16FN3. The Morgan fingerprint density at radius 3 is 2.70 bits per heavy atom. The molecule has 4 heteroatoms. The Balaban J connectivity index is 1.91.